The van der Waals surface area contributed by atoms with Crippen LogP contribution < -0.4 is 15.0 Å². The Balaban J connectivity index is 1.77. The summed E-state index contributed by atoms with van der Waals surface area (Å²) in [5, 5.41) is 0.545. The molecule has 0 N–H and O–H groups in total. The Bertz CT molecular complexity index is 1340. The maximum Gasteiger partial charge on any atom is 0.263 e. The van der Waals surface area contributed by atoms with Crippen LogP contribution in [0.15, 0.2) is 53.6 Å². The first-order chi connectivity index (χ1) is 14.9. The zero-order valence-corrected chi connectivity index (χ0v) is 18.6. The number of Topliss-reactive ketones (excluding diaryl/α,β-unsaturated/α-hetero) is 1. The predicted octanol–water partition coefficient (Wildman–Crippen LogP) is 4.64. The van der Waals surface area contributed by atoms with Crippen LogP contribution in [0.3, 0.4) is 0 Å². The summed E-state index contributed by atoms with van der Waals surface area (Å²) < 4.78 is 11.9. The Morgan fingerprint density at radius 2 is 1.81 bits per heavy atom. The molecule has 4 rings (SSSR count). The van der Waals surface area contributed by atoms with E-state index in [9.17, 15) is 9.59 Å². The van der Waals surface area contributed by atoms with E-state index in [1.807, 2.05) is 38.1 Å². The zero-order chi connectivity index (χ0) is 22.1. The molecule has 0 atom stereocenters. The Hall–Kier alpha value is -3.45. The van der Waals surface area contributed by atoms with Crippen LogP contribution in [0, 0.1) is 13.8 Å². The molecule has 2 aromatic heterocycles. The van der Waals surface area contributed by atoms with Gasteiger partial charge in [0.2, 0.25) is 0 Å². The third-order valence-electron chi connectivity index (χ3n) is 5.22. The van der Waals surface area contributed by atoms with Gasteiger partial charge in [0.05, 0.1) is 38.0 Å². The number of nitrogens with zero attached hydrogens (tertiary/aromatic N) is 2. The van der Waals surface area contributed by atoms with Gasteiger partial charge < -0.3 is 9.47 Å². The van der Waals surface area contributed by atoms with Crippen LogP contribution in [0.25, 0.3) is 21.3 Å². The molecule has 6 nitrogen and oxygen atoms in total. The average Bonchev–Trinajstić information content (AvgIpc) is 3.12. The molecule has 0 saturated carbocycles. The molecular formula is C24H22N2O4S. The molecule has 0 fully saturated rings. The molecule has 31 heavy (non-hydrogen) atoms. The molecule has 0 bridgehead atoms. The van der Waals surface area contributed by atoms with Gasteiger partial charge in [0, 0.05) is 16.5 Å². The number of carbonyl (C=O) groups excluding carboxylic acids is 1. The lowest BCUT2D eigenvalue weighted by molar-refractivity contribution is 0.0967. The number of aryl methyl sites for hydroxylation is 2. The number of fused-ring (bicyclic) bond motifs is 1. The second-order valence-electron chi connectivity index (χ2n) is 7.25. The number of ketones is 1. The van der Waals surface area contributed by atoms with Crippen LogP contribution >= 0.6 is 11.3 Å². The second-order valence-corrected chi connectivity index (χ2v) is 8.45. The van der Waals surface area contributed by atoms with E-state index in [0.717, 1.165) is 21.6 Å². The Labute approximate surface area is 183 Å². The number of methoxy groups -OCH3 is 2. The highest BCUT2D eigenvalue weighted by atomic mass is 32.1. The van der Waals surface area contributed by atoms with Crippen molar-refractivity contribution >= 4 is 27.3 Å². The van der Waals surface area contributed by atoms with Crippen molar-refractivity contribution in [2.24, 2.45) is 0 Å². The summed E-state index contributed by atoms with van der Waals surface area (Å²) >= 11 is 1.48. The number of hydrogen-bond acceptors (Lipinski definition) is 6. The van der Waals surface area contributed by atoms with Crippen molar-refractivity contribution in [1.29, 1.82) is 0 Å². The number of rotatable bonds is 6. The third-order valence-corrected chi connectivity index (χ3v) is 6.23. The minimum absolute atomic E-state index is 0.132. The van der Waals surface area contributed by atoms with Gasteiger partial charge in [-0.25, -0.2) is 4.98 Å². The van der Waals surface area contributed by atoms with Crippen LogP contribution in [-0.4, -0.2) is 29.6 Å². The molecule has 0 aliphatic carbocycles. The third kappa shape index (κ3) is 3.84. The van der Waals surface area contributed by atoms with Crippen molar-refractivity contribution in [3.8, 4) is 22.6 Å². The fourth-order valence-electron chi connectivity index (χ4n) is 3.59. The van der Waals surface area contributed by atoms with Crippen molar-refractivity contribution in [3.05, 3.63) is 75.1 Å². The maximum absolute atomic E-state index is 13.4. The zero-order valence-electron chi connectivity index (χ0n) is 17.8. The van der Waals surface area contributed by atoms with Crippen molar-refractivity contribution in [3.63, 3.8) is 0 Å². The van der Waals surface area contributed by atoms with Crippen molar-refractivity contribution in [1.82, 2.24) is 9.55 Å². The quantitative estimate of drug-likeness (QED) is 0.414. The molecule has 0 saturated heterocycles. The number of thiophene rings is 1. The largest absolute Gasteiger partial charge is 0.497 e. The number of hydrogen-bond donors (Lipinski definition) is 0. The molecule has 2 aromatic carbocycles. The van der Waals surface area contributed by atoms with Gasteiger partial charge in [0.15, 0.2) is 5.78 Å². The SMILES string of the molecule is COc1ccc(C(=O)Cn2cnc3sc(C)c(-c4ccc(C)cc4)c3c2=O)c(OC)c1. The van der Waals surface area contributed by atoms with Gasteiger partial charge in [-0.05, 0) is 31.5 Å². The topological polar surface area (TPSA) is 70.4 Å². The summed E-state index contributed by atoms with van der Waals surface area (Å²) in [6.45, 7) is 3.88. The standard InChI is InChI=1S/C24H22N2O4S/c1-14-5-7-16(8-6-14)21-15(2)31-23-22(21)24(28)26(13-25-23)12-19(27)18-10-9-17(29-3)11-20(18)30-4/h5-11,13H,12H2,1-4H3. The van der Waals surface area contributed by atoms with Gasteiger partial charge in [-0.15, -0.1) is 11.3 Å². The molecule has 0 aliphatic heterocycles. The van der Waals surface area contributed by atoms with Crippen molar-refractivity contribution < 1.29 is 14.3 Å². The normalized spacial score (nSPS) is 11.0. The van der Waals surface area contributed by atoms with Gasteiger partial charge in [0.25, 0.3) is 5.56 Å². The van der Waals surface area contributed by atoms with Gasteiger partial charge in [-0.1, -0.05) is 29.8 Å². The van der Waals surface area contributed by atoms with Crippen LogP contribution in [-0.2, 0) is 6.54 Å². The lowest BCUT2D eigenvalue weighted by Gasteiger charge is -2.11. The highest BCUT2D eigenvalue weighted by molar-refractivity contribution is 7.19. The monoisotopic (exact) mass is 434 g/mol. The Morgan fingerprint density at radius 3 is 2.48 bits per heavy atom. The second kappa shape index (κ2) is 8.35. The van der Waals surface area contributed by atoms with Crippen molar-refractivity contribution in [2.75, 3.05) is 14.2 Å². The number of aromatic nitrogens is 2. The molecule has 4 aromatic rings. The van der Waals surface area contributed by atoms with Gasteiger partial charge >= 0.3 is 0 Å². The summed E-state index contributed by atoms with van der Waals surface area (Å²) in [6.07, 6.45) is 1.44. The number of ether oxygens (including phenoxy) is 2. The van der Waals surface area contributed by atoms with Crippen LogP contribution in [0.4, 0.5) is 0 Å². The summed E-state index contributed by atoms with van der Waals surface area (Å²) in [6, 6.07) is 13.0. The van der Waals surface area contributed by atoms with Crippen LogP contribution in [0.1, 0.15) is 20.8 Å². The van der Waals surface area contributed by atoms with E-state index in [2.05, 4.69) is 4.98 Å². The highest BCUT2D eigenvalue weighted by Gasteiger charge is 2.19. The predicted molar refractivity (Wildman–Crippen MR) is 123 cm³/mol. The van der Waals surface area contributed by atoms with E-state index in [4.69, 9.17) is 9.47 Å². The van der Waals surface area contributed by atoms with E-state index in [0.29, 0.717) is 27.3 Å². The first kappa shape index (κ1) is 20.8. The van der Waals surface area contributed by atoms with Crippen molar-refractivity contribution in [2.45, 2.75) is 20.4 Å². The number of benzene rings is 2. The molecule has 7 heteroatoms. The Morgan fingerprint density at radius 1 is 1.06 bits per heavy atom. The lowest BCUT2D eigenvalue weighted by atomic mass is 10.0. The molecule has 0 amide bonds. The van der Waals surface area contributed by atoms with Crippen LogP contribution in [0.5, 0.6) is 11.5 Å². The maximum atomic E-state index is 13.4. The summed E-state index contributed by atoms with van der Waals surface area (Å²) in [5.74, 6) is 0.745. The van der Waals surface area contributed by atoms with Gasteiger partial charge in [-0.3, -0.25) is 14.2 Å². The smallest absolute Gasteiger partial charge is 0.263 e. The van der Waals surface area contributed by atoms with E-state index >= 15 is 0 Å². The first-order valence-electron chi connectivity index (χ1n) is 9.73. The molecular weight excluding hydrogens is 412 g/mol. The summed E-state index contributed by atoms with van der Waals surface area (Å²) in [5.41, 5.74) is 3.15. The molecule has 0 unspecified atom stereocenters. The average molecular weight is 435 g/mol. The van der Waals surface area contributed by atoms with Gasteiger partial charge in [0.1, 0.15) is 16.3 Å². The Kier molecular flexibility index (Phi) is 5.61. The minimum atomic E-state index is -0.244. The number of carbonyl (C=O) groups is 1. The van der Waals surface area contributed by atoms with E-state index in [-0.39, 0.29) is 17.9 Å². The first-order valence-corrected chi connectivity index (χ1v) is 10.6. The van der Waals surface area contributed by atoms with E-state index in [1.165, 1.54) is 29.3 Å². The van der Waals surface area contributed by atoms with E-state index in [1.54, 1.807) is 25.3 Å². The molecule has 0 radical (unpaired) electrons. The van der Waals surface area contributed by atoms with Gasteiger partial charge in [-0.2, -0.15) is 0 Å². The van der Waals surface area contributed by atoms with E-state index < -0.39 is 0 Å². The highest BCUT2D eigenvalue weighted by Crippen LogP contribution is 2.35. The molecule has 0 spiro atoms. The molecule has 0 aliphatic rings. The van der Waals surface area contributed by atoms with Crippen LogP contribution in [0.2, 0.25) is 0 Å². The fourth-order valence-corrected chi connectivity index (χ4v) is 4.59. The molecule has 158 valence electrons. The summed E-state index contributed by atoms with van der Waals surface area (Å²) in [4.78, 5) is 32.5. The lowest BCUT2D eigenvalue weighted by Crippen LogP contribution is -2.24. The fraction of sp³-hybridized carbons (Fsp3) is 0.208. The molecule has 2 heterocycles. The summed E-state index contributed by atoms with van der Waals surface area (Å²) in [7, 11) is 3.04. The minimum Gasteiger partial charge on any atom is -0.497 e.